The molecule has 2 unspecified atom stereocenters. The Morgan fingerprint density at radius 1 is 1.50 bits per heavy atom. The molecular formula is C11H18ClN3O2S. The monoisotopic (exact) mass is 291 g/mol. The second kappa shape index (κ2) is 5.59. The Balaban J connectivity index is 2.15. The van der Waals surface area contributed by atoms with Crippen molar-refractivity contribution in [3.63, 3.8) is 0 Å². The Kier molecular flexibility index (Phi) is 4.29. The van der Waals surface area contributed by atoms with Gasteiger partial charge in [0.1, 0.15) is 4.90 Å². The van der Waals surface area contributed by atoms with Crippen LogP contribution in [0.2, 0.25) is 0 Å². The lowest BCUT2D eigenvalue weighted by Gasteiger charge is -2.30. The predicted molar refractivity (Wildman–Crippen MR) is 70.1 cm³/mol. The molecule has 102 valence electrons. The van der Waals surface area contributed by atoms with Crippen LogP contribution in [-0.2, 0) is 10.0 Å². The van der Waals surface area contributed by atoms with Crippen molar-refractivity contribution in [1.82, 2.24) is 14.9 Å². The maximum Gasteiger partial charge on any atom is 0.244 e. The predicted octanol–water partition coefficient (Wildman–Crippen LogP) is 1.79. The van der Waals surface area contributed by atoms with Gasteiger partial charge in [-0.1, -0.05) is 12.8 Å². The van der Waals surface area contributed by atoms with E-state index in [0.717, 1.165) is 25.7 Å². The van der Waals surface area contributed by atoms with Crippen LogP contribution in [-0.4, -0.2) is 30.5 Å². The number of hydrogen-bond acceptors (Lipinski definition) is 3. The molecule has 7 heteroatoms. The van der Waals surface area contributed by atoms with Crippen LogP contribution in [0.4, 0.5) is 0 Å². The third kappa shape index (κ3) is 2.87. The zero-order valence-corrected chi connectivity index (χ0v) is 11.9. The summed E-state index contributed by atoms with van der Waals surface area (Å²) < 4.78 is 27.2. The van der Waals surface area contributed by atoms with Gasteiger partial charge < -0.3 is 0 Å². The number of aryl methyl sites for hydroxylation is 1. The lowest BCUT2D eigenvalue weighted by atomic mass is 9.86. The molecule has 1 aromatic rings. The van der Waals surface area contributed by atoms with Gasteiger partial charge in [0.15, 0.2) is 0 Å². The highest BCUT2D eigenvalue weighted by molar-refractivity contribution is 7.89. The molecule has 5 nitrogen and oxygen atoms in total. The highest BCUT2D eigenvalue weighted by atomic mass is 35.5. The van der Waals surface area contributed by atoms with Gasteiger partial charge in [-0.05, 0) is 25.7 Å². The third-order valence-corrected chi connectivity index (χ3v) is 5.49. The average molecular weight is 292 g/mol. The van der Waals surface area contributed by atoms with E-state index in [2.05, 4.69) is 14.9 Å². The van der Waals surface area contributed by atoms with Crippen LogP contribution in [0.15, 0.2) is 11.1 Å². The summed E-state index contributed by atoms with van der Waals surface area (Å²) in [5.74, 6) is 0.722. The summed E-state index contributed by atoms with van der Waals surface area (Å²) in [6.45, 7) is 1.70. The number of aromatic nitrogens is 2. The number of rotatable bonds is 4. The summed E-state index contributed by atoms with van der Waals surface area (Å²) in [5, 5.41) is 6.39. The number of aromatic amines is 1. The topological polar surface area (TPSA) is 74.8 Å². The van der Waals surface area contributed by atoms with Gasteiger partial charge in [0.2, 0.25) is 10.0 Å². The first kappa shape index (κ1) is 13.8. The largest absolute Gasteiger partial charge is 0.281 e. The van der Waals surface area contributed by atoms with Gasteiger partial charge in [-0.25, -0.2) is 13.1 Å². The Hall–Kier alpha value is -0.590. The van der Waals surface area contributed by atoms with Gasteiger partial charge in [-0.15, -0.1) is 11.6 Å². The molecule has 1 saturated carbocycles. The quantitative estimate of drug-likeness (QED) is 0.831. The highest BCUT2D eigenvalue weighted by Crippen LogP contribution is 2.27. The molecule has 0 saturated heterocycles. The van der Waals surface area contributed by atoms with Crippen LogP contribution in [0, 0.1) is 12.8 Å². The van der Waals surface area contributed by atoms with Crippen LogP contribution >= 0.6 is 11.6 Å². The Morgan fingerprint density at radius 2 is 2.22 bits per heavy atom. The number of nitrogens with zero attached hydrogens (tertiary/aromatic N) is 1. The van der Waals surface area contributed by atoms with Crippen LogP contribution in [0.25, 0.3) is 0 Å². The highest BCUT2D eigenvalue weighted by Gasteiger charge is 2.30. The van der Waals surface area contributed by atoms with Crippen LogP contribution in [0.5, 0.6) is 0 Å². The average Bonchev–Trinajstić information content (AvgIpc) is 2.76. The molecular weight excluding hydrogens is 274 g/mol. The summed E-state index contributed by atoms with van der Waals surface area (Å²) in [6.07, 6.45) is 5.36. The summed E-state index contributed by atoms with van der Waals surface area (Å²) in [4.78, 5) is 0.224. The molecule has 18 heavy (non-hydrogen) atoms. The first-order valence-electron chi connectivity index (χ1n) is 6.13. The Morgan fingerprint density at radius 3 is 2.83 bits per heavy atom. The van der Waals surface area contributed by atoms with E-state index in [4.69, 9.17) is 11.6 Å². The van der Waals surface area contributed by atoms with Crippen LogP contribution < -0.4 is 4.72 Å². The molecule has 0 bridgehead atoms. The first-order valence-corrected chi connectivity index (χ1v) is 8.14. The zero-order valence-electron chi connectivity index (χ0n) is 10.3. The van der Waals surface area contributed by atoms with Gasteiger partial charge in [0, 0.05) is 11.9 Å². The van der Waals surface area contributed by atoms with Crippen molar-refractivity contribution in [2.75, 3.05) is 5.88 Å². The van der Waals surface area contributed by atoms with E-state index in [0.29, 0.717) is 11.6 Å². The molecule has 2 rings (SSSR count). The number of nitrogens with one attached hydrogen (secondary N) is 2. The van der Waals surface area contributed by atoms with E-state index in [1.54, 1.807) is 6.92 Å². The Labute approximate surface area is 112 Å². The summed E-state index contributed by atoms with van der Waals surface area (Å²) >= 11 is 5.91. The number of H-pyrrole nitrogens is 1. The molecule has 2 N–H and O–H groups in total. The molecule has 0 spiro atoms. The van der Waals surface area contributed by atoms with E-state index in [1.165, 1.54) is 6.20 Å². The van der Waals surface area contributed by atoms with Crippen molar-refractivity contribution in [2.45, 2.75) is 43.5 Å². The molecule has 1 aliphatic rings. The molecule has 1 heterocycles. The lowest BCUT2D eigenvalue weighted by Crippen LogP contribution is -2.42. The smallest absolute Gasteiger partial charge is 0.244 e. The number of sulfonamides is 1. The van der Waals surface area contributed by atoms with Gasteiger partial charge in [0.05, 0.1) is 11.9 Å². The molecule has 0 amide bonds. The lowest BCUT2D eigenvalue weighted by molar-refractivity contribution is 0.314. The normalized spacial score (nSPS) is 25.2. The van der Waals surface area contributed by atoms with E-state index >= 15 is 0 Å². The van der Waals surface area contributed by atoms with E-state index in [1.807, 2.05) is 0 Å². The van der Waals surface area contributed by atoms with Crippen molar-refractivity contribution in [3.05, 3.63) is 11.9 Å². The zero-order chi connectivity index (χ0) is 13.2. The maximum absolute atomic E-state index is 12.2. The fraction of sp³-hybridized carbons (Fsp3) is 0.727. The minimum absolute atomic E-state index is 0.0597. The van der Waals surface area contributed by atoms with E-state index in [-0.39, 0.29) is 16.9 Å². The summed E-state index contributed by atoms with van der Waals surface area (Å²) in [7, 11) is -3.49. The molecule has 1 aromatic heterocycles. The molecule has 1 fully saturated rings. The second-order valence-corrected chi connectivity index (χ2v) is 6.78. The third-order valence-electron chi connectivity index (χ3n) is 3.49. The van der Waals surface area contributed by atoms with Crippen molar-refractivity contribution >= 4 is 21.6 Å². The van der Waals surface area contributed by atoms with Gasteiger partial charge in [0.25, 0.3) is 0 Å². The van der Waals surface area contributed by atoms with Crippen LogP contribution in [0.3, 0.4) is 0 Å². The van der Waals surface area contributed by atoms with Gasteiger partial charge in [-0.2, -0.15) is 5.10 Å². The van der Waals surface area contributed by atoms with Crippen molar-refractivity contribution < 1.29 is 8.42 Å². The Bertz CT molecular complexity index is 500. The maximum atomic E-state index is 12.2. The van der Waals surface area contributed by atoms with Crippen molar-refractivity contribution in [1.29, 1.82) is 0 Å². The van der Waals surface area contributed by atoms with E-state index in [9.17, 15) is 8.42 Å². The standard InChI is InChI=1S/C11H18ClN3O2S/c1-8-11(7-13-14-8)18(16,17)15-10-5-3-2-4-9(10)6-12/h7,9-10,15H,2-6H2,1H3,(H,13,14). The molecule has 0 radical (unpaired) electrons. The molecule has 2 atom stereocenters. The SMILES string of the molecule is Cc1[nH]ncc1S(=O)(=O)NC1CCCCC1CCl. The second-order valence-electron chi connectivity index (χ2n) is 4.79. The number of hydrogen-bond donors (Lipinski definition) is 2. The minimum atomic E-state index is -3.49. The first-order chi connectivity index (χ1) is 8.54. The van der Waals surface area contributed by atoms with Crippen LogP contribution in [0.1, 0.15) is 31.4 Å². The van der Waals surface area contributed by atoms with Crippen molar-refractivity contribution in [2.24, 2.45) is 5.92 Å². The van der Waals surface area contributed by atoms with Gasteiger partial charge >= 0.3 is 0 Å². The molecule has 0 aromatic carbocycles. The molecule has 0 aliphatic heterocycles. The summed E-state index contributed by atoms with van der Waals surface area (Å²) in [6, 6.07) is -0.0597. The van der Waals surface area contributed by atoms with E-state index < -0.39 is 10.0 Å². The van der Waals surface area contributed by atoms with Crippen molar-refractivity contribution in [3.8, 4) is 0 Å². The number of halogens is 1. The molecule has 1 aliphatic carbocycles. The minimum Gasteiger partial charge on any atom is -0.281 e. The summed E-state index contributed by atoms with van der Waals surface area (Å²) in [5.41, 5.74) is 0.556. The van der Waals surface area contributed by atoms with Gasteiger partial charge in [-0.3, -0.25) is 5.10 Å². The number of alkyl halides is 1. The fourth-order valence-electron chi connectivity index (χ4n) is 2.42. The fourth-order valence-corrected chi connectivity index (χ4v) is 4.27.